The SMILES string of the molecule is CCC(C)C(CNC(C)(C)C)Cc1ccccc1C. The van der Waals surface area contributed by atoms with Crippen LogP contribution in [0.1, 0.15) is 52.2 Å². The van der Waals surface area contributed by atoms with Crippen LogP contribution < -0.4 is 5.32 Å². The second kappa shape index (κ2) is 7.09. The zero-order valence-corrected chi connectivity index (χ0v) is 13.6. The van der Waals surface area contributed by atoms with Crippen LogP contribution in [0, 0.1) is 18.8 Å². The van der Waals surface area contributed by atoms with E-state index < -0.39 is 0 Å². The zero-order chi connectivity index (χ0) is 14.5. The van der Waals surface area contributed by atoms with E-state index in [1.54, 1.807) is 0 Å². The van der Waals surface area contributed by atoms with Crippen molar-refractivity contribution < 1.29 is 0 Å². The van der Waals surface area contributed by atoms with Gasteiger partial charge in [0.05, 0.1) is 0 Å². The van der Waals surface area contributed by atoms with Gasteiger partial charge in [0.25, 0.3) is 0 Å². The molecule has 0 aliphatic heterocycles. The smallest absolute Gasteiger partial charge is 0.00966 e. The van der Waals surface area contributed by atoms with Gasteiger partial charge in [-0.1, -0.05) is 44.5 Å². The number of benzene rings is 1. The Morgan fingerprint density at radius 2 is 1.79 bits per heavy atom. The summed E-state index contributed by atoms with van der Waals surface area (Å²) in [6.45, 7) is 14.7. The maximum absolute atomic E-state index is 3.68. The summed E-state index contributed by atoms with van der Waals surface area (Å²) in [5.74, 6) is 1.47. The van der Waals surface area contributed by atoms with E-state index in [1.807, 2.05) is 0 Å². The highest BCUT2D eigenvalue weighted by Gasteiger charge is 2.19. The predicted octanol–water partition coefficient (Wildman–Crippen LogP) is 4.59. The number of hydrogen-bond acceptors (Lipinski definition) is 1. The third-order valence-electron chi connectivity index (χ3n) is 4.09. The first kappa shape index (κ1) is 16.2. The van der Waals surface area contributed by atoms with Gasteiger partial charge in [0.1, 0.15) is 0 Å². The van der Waals surface area contributed by atoms with Gasteiger partial charge in [-0.15, -0.1) is 0 Å². The summed E-state index contributed by atoms with van der Waals surface area (Å²) >= 11 is 0. The van der Waals surface area contributed by atoms with E-state index in [9.17, 15) is 0 Å². The van der Waals surface area contributed by atoms with Gasteiger partial charge < -0.3 is 5.32 Å². The lowest BCUT2D eigenvalue weighted by Gasteiger charge is -2.29. The van der Waals surface area contributed by atoms with E-state index >= 15 is 0 Å². The van der Waals surface area contributed by atoms with Crippen LogP contribution in [-0.4, -0.2) is 12.1 Å². The van der Waals surface area contributed by atoms with Crippen LogP contribution in [0.2, 0.25) is 0 Å². The first-order valence-electron chi connectivity index (χ1n) is 7.63. The van der Waals surface area contributed by atoms with Crippen molar-refractivity contribution >= 4 is 0 Å². The van der Waals surface area contributed by atoms with Crippen LogP contribution in [0.25, 0.3) is 0 Å². The highest BCUT2D eigenvalue weighted by atomic mass is 14.9. The fourth-order valence-corrected chi connectivity index (χ4v) is 2.37. The van der Waals surface area contributed by atoms with E-state index in [-0.39, 0.29) is 5.54 Å². The molecule has 0 fully saturated rings. The molecule has 108 valence electrons. The van der Waals surface area contributed by atoms with Crippen molar-refractivity contribution in [1.29, 1.82) is 0 Å². The van der Waals surface area contributed by atoms with Crippen LogP contribution >= 0.6 is 0 Å². The lowest BCUT2D eigenvalue weighted by atomic mass is 9.84. The summed E-state index contributed by atoms with van der Waals surface area (Å²) in [7, 11) is 0. The summed E-state index contributed by atoms with van der Waals surface area (Å²) in [4.78, 5) is 0. The first-order chi connectivity index (χ1) is 8.83. The lowest BCUT2D eigenvalue weighted by Crippen LogP contribution is -2.41. The maximum Gasteiger partial charge on any atom is 0.00966 e. The molecule has 1 aromatic rings. The van der Waals surface area contributed by atoms with Crippen molar-refractivity contribution in [3.63, 3.8) is 0 Å². The Morgan fingerprint density at radius 3 is 2.32 bits per heavy atom. The minimum absolute atomic E-state index is 0.206. The number of aryl methyl sites for hydroxylation is 1. The summed E-state index contributed by atoms with van der Waals surface area (Å²) in [6, 6.07) is 8.79. The van der Waals surface area contributed by atoms with Gasteiger partial charge in [0.2, 0.25) is 0 Å². The Kier molecular flexibility index (Phi) is 6.06. The molecule has 0 radical (unpaired) electrons. The maximum atomic E-state index is 3.68. The predicted molar refractivity (Wildman–Crippen MR) is 85.6 cm³/mol. The molecule has 1 N–H and O–H groups in total. The molecule has 19 heavy (non-hydrogen) atoms. The second-order valence-corrected chi connectivity index (χ2v) is 6.91. The summed E-state index contributed by atoms with van der Waals surface area (Å²) in [6.07, 6.45) is 2.44. The third kappa shape index (κ3) is 5.78. The quantitative estimate of drug-likeness (QED) is 0.790. The molecule has 1 heteroatoms. The van der Waals surface area contributed by atoms with Gasteiger partial charge in [-0.2, -0.15) is 0 Å². The van der Waals surface area contributed by atoms with E-state index in [0.717, 1.165) is 12.5 Å². The first-order valence-corrected chi connectivity index (χ1v) is 7.63. The highest BCUT2D eigenvalue weighted by molar-refractivity contribution is 5.26. The van der Waals surface area contributed by atoms with Gasteiger partial charge in [0, 0.05) is 5.54 Å². The summed E-state index contributed by atoms with van der Waals surface area (Å²) in [5, 5.41) is 3.68. The van der Waals surface area contributed by atoms with Crippen LogP contribution in [0.4, 0.5) is 0 Å². The number of hydrogen-bond donors (Lipinski definition) is 1. The van der Waals surface area contributed by atoms with Crippen LogP contribution in [0.3, 0.4) is 0 Å². The molecular weight excluding hydrogens is 230 g/mol. The van der Waals surface area contributed by atoms with Gasteiger partial charge >= 0.3 is 0 Å². The standard InChI is InChI=1S/C18H31N/c1-7-14(2)17(13-19-18(4,5)6)12-16-11-9-8-10-15(16)3/h8-11,14,17,19H,7,12-13H2,1-6H3. The molecule has 2 unspecified atom stereocenters. The third-order valence-corrected chi connectivity index (χ3v) is 4.09. The fourth-order valence-electron chi connectivity index (χ4n) is 2.37. The van der Waals surface area contributed by atoms with Crippen LogP contribution in [0.15, 0.2) is 24.3 Å². The van der Waals surface area contributed by atoms with Gasteiger partial charge in [-0.25, -0.2) is 0 Å². The van der Waals surface area contributed by atoms with Crippen molar-refractivity contribution in [2.24, 2.45) is 11.8 Å². The summed E-state index contributed by atoms with van der Waals surface area (Å²) < 4.78 is 0. The number of nitrogens with one attached hydrogen (secondary N) is 1. The Hall–Kier alpha value is -0.820. The van der Waals surface area contributed by atoms with Crippen molar-refractivity contribution in [3.8, 4) is 0 Å². The van der Waals surface area contributed by atoms with Crippen molar-refractivity contribution in [2.75, 3.05) is 6.54 Å². The molecule has 0 saturated heterocycles. The molecule has 0 aliphatic carbocycles. The fraction of sp³-hybridized carbons (Fsp3) is 0.667. The molecule has 0 aromatic heterocycles. The van der Waals surface area contributed by atoms with E-state index in [4.69, 9.17) is 0 Å². The molecule has 2 atom stereocenters. The second-order valence-electron chi connectivity index (χ2n) is 6.91. The van der Waals surface area contributed by atoms with E-state index in [2.05, 4.69) is 71.1 Å². The van der Waals surface area contributed by atoms with E-state index in [0.29, 0.717) is 5.92 Å². The average molecular weight is 261 g/mol. The zero-order valence-electron chi connectivity index (χ0n) is 13.6. The van der Waals surface area contributed by atoms with Gasteiger partial charge in [-0.3, -0.25) is 0 Å². The molecule has 0 heterocycles. The summed E-state index contributed by atoms with van der Waals surface area (Å²) in [5.41, 5.74) is 3.13. The van der Waals surface area contributed by atoms with Crippen molar-refractivity contribution in [1.82, 2.24) is 5.32 Å². The Labute approximate surface area is 119 Å². The highest BCUT2D eigenvalue weighted by Crippen LogP contribution is 2.22. The molecule has 0 saturated carbocycles. The Balaban J connectivity index is 2.72. The molecular formula is C18H31N. The number of rotatable bonds is 6. The van der Waals surface area contributed by atoms with Crippen molar-refractivity contribution in [2.45, 2.75) is 59.9 Å². The van der Waals surface area contributed by atoms with Crippen LogP contribution in [0.5, 0.6) is 0 Å². The molecule has 0 aliphatic rings. The average Bonchev–Trinajstić information content (AvgIpc) is 2.34. The lowest BCUT2D eigenvalue weighted by molar-refractivity contribution is 0.292. The Morgan fingerprint density at radius 1 is 1.16 bits per heavy atom. The molecule has 0 bridgehead atoms. The minimum atomic E-state index is 0.206. The van der Waals surface area contributed by atoms with Gasteiger partial charge in [-0.05, 0) is 63.6 Å². The molecule has 0 amide bonds. The Bertz CT molecular complexity index is 376. The van der Waals surface area contributed by atoms with E-state index in [1.165, 1.54) is 24.0 Å². The molecule has 1 rings (SSSR count). The van der Waals surface area contributed by atoms with Crippen LogP contribution in [-0.2, 0) is 6.42 Å². The normalized spacial score (nSPS) is 15.3. The van der Waals surface area contributed by atoms with Gasteiger partial charge in [0.15, 0.2) is 0 Å². The molecule has 1 nitrogen and oxygen atoms in total. The largest absolute Gasteiger partial charge is 0.312 e. The molecule has 1 aromatic carbocycles. The molecule has 0 spiro atoms. The van der Waals surface area contributed by atoms with Crippen molar-refractivity contribution in [3.05, 3.63) is 35.4 Å². The monoisotopic (exact) mass is 261 g/mol. The minimum Gasteiger partial charge on any atom is -0.312 e. The topological polar surface area (TPSA) is 12.0 Å².